The molecule has 1 amide bonds. The molecule has 0 aromatic carbocycles. The topological polar surface area (TPSA) is 42.0 Å². The van der Waals surface area contributed by atoms with Crippen LogP contribution in [0.4, 0.5) is 0 Å². The Hall–Kier alpha value is -0.900. The molecule has 0 fully saturated rings. The van der Waals surface area contributed by atoms with Gasteiger partial charge in [0.1, 0.15) is 0 Å². The molecular formula is C12H17BrN2O. The van der Waals surface area contributed by atoms with Gasteiger partial charge in [0.05, 0.1) is 0 Å². The minimum absolute atomic E-state index is 0.0214. The van der Waals surface area contributed by atoms with Crippen molar-refractivity contribution in [2.75, 3.05) is 11.9 Å². The van der Waals surface area contributed by atoms with Crippen molar-refractivity contribution >= 4 is 21.8 Å². The number of amides is 1. The summed E-state index contributed by atoms with van der Waals surface area (Å²) in [5.74, 6) is 0.471. The van der Waals surface area contributed by atoms with E-state index >= 15 is 0 Å². The van der Waals surface area contributed by atoms with Crippen molar-refractivity contribution in [2.24, 2.45) is 5.92 Å². The number of nitrogens with one attached hydrogen (secondary N) is 1. The second-order valence-corrected chi connectivity index (χ2v) is 4.77. The Kier molecular flexibility index (Phi) is 5.46. The first-order valence-corrected chi connectivity index (χ1v) is 6.52. The maximum atomic E-state index is 11.8. The summed E-state index contributed by atoms with van der Waals surface area (Å²) < 4.78 is 0. The molecule has 88 valence electrons. The molecule has 0 aliphatic rings. The van der Waals surface area contributed by atoms with Gasteiger partial charge in [0.25, 0.3) is 5.91 Å². The average Bonchev–Trinajstić information content (AvgIpc) is 2.26. The SMILES string of the molecule is Cc1cc(C(=O)NCC(C)CCBr)ccn1. The van der Waals surface area contributed by atoms with Gasteiger partial charge in [-0.25, -0.2) is 0 Å². The summed E-state index contributed by atoms with van der Waals surface area (Å²) >= 11 is 3.39. The third-order valence-electron chi connectivity index (χ3n) is 2.37. The van der Waals surface area contributed by atoms with Crippen LogP contribution in [-0.4, -0.2) is 22.8 Å². The molecular weight excluding hydrogens is 268 g/mol. The molecule has 16 heavy (non-hydrogen) atoms. The van der Waals surface area contributed by atoms with Crippen molar-refractivity contribution in [3.63, 3.8) is 0 Å². The first-order valence-electron chi connectivity index (χ1n) is 5.40. The van der Waals surface area contributed by atoms with Gasteiger partial charge in [-0.3, -0.25) is 9.78 Å². The van der Waals surface area contributed by atoms with E-state index in [0.717, 1.165) is 17.4 Å². The average molecular weight is 285 g/mol. The van der Waals surface area contributed by atoms with E-state index in [1.54, 1.807) is 18.3 Å². The highest BCUT2D eigenvalue weighted by atomic mass is 79.9. The van der Waals surface area contributed by atoms with E-state index in [-0.39, 0.29) is 5.91 Å². The van der Waals surface area contributed by atoms with Gasteiger partial charge in [0.2, 0.25) is 0 Å². The number of alkyl halides is 1. The summed E-state index contributed by atoms with van der Waals surface area (Å²) in [7, 11) is 0. The van der Waals surface area contributed by atoms with Crippen LogP contribution in [0, 0.1) is 12.8 Å². The van der Waals surface area contributed by atoms with Crippen LogP contribution in [0.1, 0.15) is 29.4 Å². The molecule has 0 bridgehead atoms. The molecule has 1 N–H and O–H groups in total. The zero-order valence-corrected chi connectivity index (χ0v) is 11.3. The zero-order valence-electron chi connectivity index (χ0n) is 9.66. The fourth-order valence-corrected chi connectivity index (χ4v) is 2.13. The van der Waals surface area contributed by atoms with E-state index in [9.17, 15) is 4.79 Å². The number of nitrogens with zero attached hydrogens (tertiary/aromatic N) is 1. The number of hydrogen-bond donors (Lipinski definition) is 1. The standard InChI is InChI=1S/C12H17BrN2O/c1-9(3-5-13)8-15-12(16)11-4-6-14-10(2)7-11/h4,6-7,9H,3,5,8H2,1-2H3,(H,15,16). The smallest absolute Gasteiger partial charge is 0.251 e. The molecule has 0 aliphatic carbocycles. The van der Waals surface area contributed by atoms with Gasteiger partial charge in [-0.1, -0.05) is 22.9 Å². The van der Waals surface area contributed by atoms with Crippen molar-refractivity contribution < 1.29 is 4.79 Å². The van der Waals surface area contributed by atoms with Crippen molar-refractivity contribution in [3.8, 4) is 0 Å². The monoisotopic (exact) mass is 284 g/mol. The predicted molar refractivity (Wildman–Crippen MR) is 68.9 cm³/mol. The summed E-state index contributed by atoms with van der Waals surface area (Å²) in [6.45, 7) is 4.72. The molecule has 0 saturated heterocycles. The lowest BCUT2D eigenvalue weighted by Crippen LogP contribution is -2.28. The minimum Gasteiger partial charge on any atom is -0.352 e. The van der Waals surface area contributed by atoms with Crippen LogP contribution in [-0.2, 0) is 0 Å². The number of aryl methyl sites for hydroxylation is 1. The van der Waals surface area contributed by atoms with Crippen LogP contribution in [0.3, 0.4) is 0 Å². The van der Waals surface area contributed by atoms with Crippen LogP contribution < -0.4 is 5.32 Å². The number of halogens is 1. The molecule has 4 heteroatoms. The maximum absolute atomic E-state index is 11.8. The Morgan fingerprint density at radius 2 is 2.38 bits per heavy atom. The molecule has 1 unspecified atom stereocenters. The van der Waals surface area contributed by atoms with Gasteiger partial charge in [0, 0.05) is 29.3 Å². The molecule has 0 radical (unpaired) electrons. The van der Waals surface area contributed by atoms with Crippen LogP contribution in [0.2, 0.25) is 0 Å². The van der Waals surface area contributed by atoms with E-state index in [1.807, 2.05) is 6.92 Å². The maximum Gasteiger partial charge on any atom is 0.251 e. The third kappa shape index (κ3) is 4.31. The number of pyridine rings is 1. The lowest BCUT2D eigenvalue weighted by molar-refractivity contribution is 0.0947. The Bertz CT molecular complexity index is 355. The van der Waals surface area contributed by atoms with Crippen LogP contribution in [0.5, 0.6) is 0 Å². The molecule has 1 aromatic rings. The Morgan fingerprint density at radius 1 is 1.62 bits per heavy atom. The quantitative estimate of drug-likeness (QED) is 0.845. The molecule has 1 rings (SSSR count). The summed E-state index contributed by atoms with van der Waals surface area (Å²) in [5, 5.41) is 3.89. The van der Waals surface area contributed by atoms with E-state index in [1.165, 1.54) is 0 Å². The molecule has 0 spiro atoms. The first kappa shape index (κ1) is 13.2. The van der Waals surface area contributed by atoms with E-state index in [4.69, 9.17) is 0 Å². The van der Waals surface area contributed by atoms with Gasteiger partial charge in [-0.05, 0) is 31.4 Å². The van der Waals surface area contributed by atoms with Crippen molar-refractivity contribution in [1.29, 1.82) is 0 Å². The van der Waals surface area contributed by atoms with E-state index in [2.05, 4.69) is 33.2 Å². The van der Waals surface area contributed by atoms with Gasteiger partial charge in [0.15, 0.2) is 0 Å². The van der Waals surface area contributed by atoms with Crippen LogP contribution >= 0.6 is 15.9 Å². The minimum atomic E-state index is -0.0214. The summed E-state index contributed by atoms with van der Waals surface area (Å²) in [4.78, 5) is 15.8. The second kappa shape index (κ2) is 6.63. The van der Waals surface area contributed by atoms with Gasteiger partial charge < -0.3 is 5.32 Å². The Morgan fingerprint density at radius 3 is 3.00 bits per heavy atom. The lowest BCUT2D eigenvalue weighted by atomic mass is 10.1. The second-order valence-electron chi connectivity index (χ2n) is 3.98. The highest BCUT2D eigenvalue weighted by molar-refractivity contribution is 9.09. The molecule has 1 atom stereocenters. The molecule has 1 aromatic heterocycles. The molecule has 0 aliphatic heterocycles. The fourth-order valence-electron chi connectivity index (χ4n) is 1.34. The van der Waals surface area contributed by atoms with Crippen LogP contribution in [0.15, 0.2) is 18.3 Å². The number of rotatable bonds is 5. The highest BCUT2D eigenvalue weighted by Gasteiger charge is 2.07. The highest BCUT2D eigenvalue weighted by Crippen LogP contribution is 2.04. The van der Waals surface area contributed by atoms with E-state index in [0.29, 0.717) is 18.0 Å². The third-order valence-corrected chi connectivity index (χ3v) is 2.83. The molecule has 0 saturated carbocycles. The summed E-state index contributed by atoms with van der Waals surface area (Å²) in [6.07, 6.45) is 2.72. The summed E-state index contributed by atoms with van der Waals surface area (Å²) in [6, 6.07) is 3.53. The van der Waals surface area contributed by atoms with Crippen molar-refractivity contribution in [1.82, 2.24) is 10.3 Å². The normalized spacial score (nSPS) is 12.2. The molecule has 1 heterocycles. The number of hydrogen-bond acceptors (Lipinski definition) is 2. The Balaban J connectivity index is 2.47. The van der Waals surface area contributed by atoms with Gasteiger partial charge >= 0.3 is 0 Å². The Labute approximate surface area is 105 Å². The number of carbonyl (C=O) groups is 1. The first-order chi connectivity index (χ1) is 7.63. The van der Waals surface area contributed by atoms with Gasteiger partial charge in [-0.2, -0.15) is 0 Å². The number of aromatic nitrogens is 1. The summed E-state index contributed by atoms with van der Waals surface area (Å²) in [5.41, 5.74) is 1.54. The molecule has 3 nitrogen and oxygen atoms in total. The van der Waals surface area contributed by atoms with Gasteiger partial charge in [-0.15, -0.1) is 0 Å². The predicted octanol–water partition coefficient (Wildman–Crippen LogP) is 2.54. The van der Waals surface area contributed by atoms with Crippen molar-refractivity contribution in [3.05, 3.63) is 29.6 Å². The van der Waals surface area contributed by atoms with E-state index < -0.39 is 0 Å². The largest absolute Gasteiger partial charge is 0.352 e. The lowest BCUT2D eigenvalue weighted by Gasteiger charge is -2.11. The van der Waals surface area contributed by atoms with Crippen LogP contribution in [0.25, 0.3) is 0 Å². The fraction of sp³-hybridized carbons (Fsp3) is 0.500. The number of carbonyl (C=O) groups excluding carboxylic acids is 1. The van der Waals surface area contributed by atoms with Crippen molar-refractivity contribution in [2.45, 2.75) is 20.3 Å². The zero-order chi connectivity index (χ0) is 12.0.